The average molecular weight is 385 g/mol. The molecule has 0 atom stereocenters. The average Bonchev–Trinajstić information content (AvgIpc) is 2.73. The van der Waals surface area contributed by atoms with Crippen molar-refractivity contribution < 1.29 is 9.53 Å². The quantitative estimate of drug-likeness (QED) is 0.785. The van der Waals surface area contributed by atoms with Crippen LogP contribution in [-0.4, -0.2) is 77.9 Å². The van der Waals surface area contributed by atoms with Crippen LogP contribution in [0.3, 0.4) is 0 Å². The molecular formula is C20H27N5O3. The van der Waals surface area contributed by atoms with Crippen LogP contribution in [0.4, 0.5) is 10.5 Å². The maximum absolute atomic E-state index is 12.6. The fourth-order valence-electron chi connectivity index (χ4n) is 3.80. The van der Waals surface area contributed by atoms with Crippen LogP contribution in [0.1, 0.15) is 19.9 Å². The molecule has 0 unspecified atom stereocenters. The monoisotopic (exact) mass is 385 g/mol. The molecule has 0 aliphatic carbocycles. The lowest BCUT2D eigenvalue weighted by Crippen LogP contribution is -2.54. The number of nitrogens with zero attached hydrogens (tertiary/aromatic N) is 5. The van der Waals surface area contributed by atoms with Gasteiger partial charge >= 0.3 is 6.03 Å². The first kappa shape index (κ1) is 18.7. The van der Waals surface area contributed by atoms with Crippen LogP contribution in [0.2, 0.25) is 0 Å². The van der Waals surface area contributed by atoms with Gasteiger partial charge in [0.25, 0.3) is 5.56 Å². The molecule has 2 amide bonds. The van der Waals surface area contributed by atoms with E-state index in [0.29, 0.717) is 50.3 Å². The number of carbonyl (C=O) groups is 1. The van der Waals surface area contributed by atoms with Crippen molar-refractivity contribution >= 4 is 22.6 Å². The maximum atomic E-state index is 12.6. The van der Waals surface area contributed by atoms with E-state index >= 15 is 0 Å². The van der Waals surface area contributed by atoms with Crippen molar-refractivity contribution in [3.05, 3.63) is 34.9 Å². The van der Waals surface area contributed by atoms with Crippen LogP contribution >= 0.6 is 0 Å². The Morgan fingerprint density at radius 1 is 1.04 bits per heavy atom. The van der Waals surface area contributed by atoms with E-state index in [9.17, 15) is 9.59 Å². The van der Waals surface area contributed by atoms with E-state index in [1.54, 1.807) is 10.9 Å². The van der Waals surface area contributed by atoms with Gasteiger partial charge in [-0.05, 0) is 32.0 Å². The fourth-order valence-corrected chi connectivity index (χ4v) is 3.80. The van der Waals surface area contributed by atoms with Crippen molar-refractivity contribution in [1.29, 1.82) is 0 Å². The minimum absolute atomic E-state index is 0.00697. The predicted octanol–water partition coefficient (Wildman–Crippen LogP) is 1.55. The molecule has 2 aromatic rings. The van der Waals surface area contributed by atoms with Gasteiger partial charge in [0.1, 0.15) is 0 Å². The molecule has 2 fully saturated rings. The summed E-state index contributed by atoms with van der Waals surface area (Å²) in [5, 5.41) is 0.640. The largest absolute Gasteiger partial charge is 0.378 e. The van der Waals surface area contributed by atoms with E-state index in [1.807, 2.05) is 41.8 Å². The normalized spacial score (nSPS) is 18.2. The highest BCUT2D eigenvalue weighted by molar-refractivity contribution is 5.81. The van der Waals surface area contributed by atoms with Crippen LogP contribution in [-0.2, 0) is 4.74 Å². The SMILES string of the molecule is CC(C)n1cnc2cc(N3CCN(C(=O)N4CCOCC4)CC3)ccc2c1=O. The second-order valence-corrected chi connectivity index (χ2v) is 7.61. The molecule has 2 saturated heterocycles. The molecule has 28 heavy (non-hydrogen) atoms. The number of hydrogen-bond donors (Lipinski definition) is 0. The van der Waals surface area contributed by atoms with Crippen LogP contribution in [0.25, 0.3) is 10.9 Å². The van der Waals surface area contributed by atoms with Gasteiger partial charge in [0.2, 0.25) is 0 Å². The number of aromatic nitrogens is 2. The Labute approximate surface area is 164 Å². The minimum atomic E-state index is -0.00697. The highest BCUT2D eigenvalue weighted by Gasteiger charge is 2.26. The van der Waals surface area contributed by atoms with E-state index in [4.69, 9.17) is 4.74 Å². The topological polar surface area (TPSA) is 70.9 Å². The van der Waals surface area contributed by atoms with Crippen LogP contribution in [0.15, 0.2) is 29.3 Å². The van der Waals surface area contributed by atoms with Gasteiger partial charge in [-0.15, -0.1) is 0 Å². The molecule has 8 nitrogen and oxygen atoms in total. The number of morpholine rings is 1. The smallest absolute Gasteiger partial charge is 0.320 e. The summed E-state index contributed by atoms with van der Waals surface area (Å²) in [6, 6.07) is 6.01. The zero-order chi connectivity index (χ0) is 19.7. The summed E-state index contributed by atoms with van der Waals surface area (Å²) < 4.78 is 6.98. The van der Waals surface area contributed by atoms with Gasteiger partial charge in [0, 0.05) is 51.0 Å². The van der Waals surface area contributed by atoms with Crippen molar-refractivity contribution in [2.75, 3.05) is 57.4 Å². The summed E-state index contributed by atoms with van der Waals surface area (Å²) in [6.07, 6.45) is 1.62. The number of amides is 2. The van der Waals surface area contributed by atoms with Gasteiger partial charge in [-0.25, -0.2) is 9.78 Å². The lowest BCUT2D eigenvalue weighted by molar-refractivity contribution is 0.0428. The summed E-state index contributed by atoms with van der Waals surface area (Å²) in [4.78, 5) is 35.7. The Hall–Kier alpha value is -2.61. The number of hydrogen-bond acceptors (Lipinski definition) is 5. The second-order valence-electron chi connectivity index (χ2n) is 7.61. The standard InChI is InChI=1S/C20H27N5O3/c1-15(2)25-14-21-18-13-16(3-4-17(18)19(25)26)22-5-7-23(8-6-22)20(27)24-9-11-28-12-10-24/h3-4,13-15H,5-12H2,1-2H3. The summed E-state index contributed by atoms with van der Waals surface area (Å²) in [7, 11) is 0. The number of ether oxygens (including phenoxy) is 1. The van der Waals surface area contributed by atoms with Crippen LogP contribution in [0, 0.1) is 0 Å². The highest BCUT2D eigenvalue weighted by atomic mass is 16.5. The molecule has 8 heteroatoms. The number of rotatable bonds is 2. The van der Waals surface area contributed by atoms with Gasteiger partial charge in [-0.3, -0.25) is 9.36 Å². The Bertz CT molecular complexity index is 912. The minimum Gasteiger partial charge on any atom is -0.378 e. The first-order valence-electron chi connectivity index (χ1n) is 9.92. The van der Waals surface area contributed by atoms with E-state index in [0.717, 1.165) is 18.8 Å². The van der Waals surface area contributed by atoms with E-state index in [2.05, 4.69) is 9.88 Å². The van der Waals surface area contributed by atoms with Crippen LogP contribution in [0.5, 0.6) is 0 Å². The van der Waals surface area contributed by atoms with Crippen molar-refractivity contribution in [2.45, 2.75) is 19.9 Å². The van der Waals surface area contributed by atoms with Gasteiger partial charge in [0.15, 0.2) is 0 Å². The molecule has 0 saturated carbocycles. The molecule has 1 aromatic heterocycles. The molecule has 4 rings (SSSR count). The van der Waals surface area contributed by atoms with Gasteiger partial charge in [0.05, 0.1) is 30.4 Å². The third-order valence-electron chi connectivity index (χ3n) is 5.52. The Kier molecular flexibility index (Phi) is 5.21. The van der Waals surface area contributed by atoms with Crippen molar-refractivity contribution in [3.8, 4) is 0 Å². The van der Waals surface area contributed by atoms with Crippen LogP contribution < -0.4 is 10.5 Å². The molecule has 2 aliphatic heterocycles. The third-order valence-corrected chi connectivity index (χ3v) is 5.52. The zero-order valence-electron chi connectivity index (χ0n) is 16.5. The number of fused-ring (bicyclic) bond motifs is 1. The molecule has 3 heterocycles. The maximum Gasteiger partial charge on any atom is 0.320 e. The Morgan fingerprint density at radius 3 is 2.39 bits per heavy atom. The van der Waals surface area contributed by atoms with Crippen molar-refractivity contribution in [3.63, 3.8) is 0 Å². The summed E-state index contributed by atoms with van der Waals surface area (Å²) in [6.45, 7) is 9.44. The van der Waals surface area contributed by atoms with E-state index in [-0.39, 0.29) is 17.6 Å². The van der Waals surface area contributed by atoms with E-state index in [1.165, 1.54) is 0 Å². The predicted molar refractivity (Wildman–Crippen MR) is 108 cm³/mol. The number of benzene rings is 1. The summed E-state index contributed by atoms with van der Waals surface area (Å²) in [5.74, 6) is 0. The molecule has 1 aromatic carbocycles. The summed E-state index contributed by atoms with van der Waals surface area (Å²) >= 11 is 0. The highest BCUT2D eigenvalue weighted by Crippen LogP contribution is 2.21. The number of anilines is 1. The van der Waals surface area contributed by atoms with Gasteiger partial charge < -0.3 is 19.4 Å². The van der Waals surface area contributed by atoms with E-state index < -0.39 is 0 Å². The lowest BCUT2D eigenvalue weighted by atomic mass is 10.2. The Morgan fingerprint density at radius 2 is 1.71 bits per heavy atom. The first-order valence-corrected chi connectivity index (χ1v) is 9.92. The second kappa shape index (κ2) is 7.79. The molecule has 2 aliphatic rings. The zero-order valence-corrected chi connectivity index (χ0v) is 16.5. The fraction of sp³-hybridized carbons (Fsp3) is 0.550. The first-order chi connectivity index (χ1) is 13.5. The molecule has 0 spiro atoms. The number of piperazine rings is 1. The molecule has 150 valence electrons. The molecular weight excluding hydrogens is 358 g/mol. The lowest BCUT2D eigenvalue weighted by Gasteiger charge is -2.39. The Balaban J connectivity index is 1.45. The van der Waals surface area contributed by atoms with Crippen molar-refractivity contribution in [2.24, 2.45) is 0 Å². The molecule has 0 radical (unpaired) electrons. The van der Waals surface area contributed by atoms with Gasteiger partial charge in [-0.2, -0.15) is 0 Å². The van der Waals surface area contributed by atoms with Gasteiger partial charge in [-0.1, -0.05) is 0 Å². The third kappa shape index (κ3) is 3.56. The molecule has 0 bridgehead atoms. The molecule has 0 N–H and O–H groups in total. The summed E-state index contributed by atoms with van der Waals surface area (Å²) in [5.41, 5.74) is 1.75. The number of carbonyl (C=O) groups excluding carboxylic acids is 1. The van der Waals surface area contributed by atoms with Crippen molar-refractivity contribution in [1.82, 2.24) is 19.4 Å². The number of urea groups is 1.